The predicted molar refractivity (Wildman–Crippen MR) is 45.6 cm³/mol. The van der Waals surface area contributed by atoms with E-state index in [0.29, 0.717) is 6.54 Å². The van der Waals surface area contributed by atoms with Gasteiger partial charge in [-0.05, 0) is 18.6 Å². The molecule has 0 aliphatic carbocycles. The van der Waals surface area contributed by atoms with E-state index >= 15 is 0 Å². The normalized spacial score (nSPS) is 9.55. The second kappa shape index (κ2) is 3.19. The molecule has 11 heavy (non-hydrogen) atoms. The van der Waals surface area contributed by atoms with Gasteiger partial charge in [0.15, 0.2) is 0 Å². The standard InChI is InChI=1S/C9H11NO/c1-3-5-10-6-4-8(2)7-9(10)11/h3-4,6-7H,1,5H2,2H3. The first-order chi connectivity index (χ1) is 5.24. The van der Waals surface area contributed by atoms with Crippen molar-refractivity contribution in [3.8, 4) is 0 Å². The SMILES string of the molecule is C=CCn1ccc(C)cc1=O. The van der Waals surface area contributed by atoms with Gasteiger partial charge in [-0.25, -0.2) is 0 Å². The molecule has 58 valence electrons. The molecule has 0 atom stereocenters. The van der Waals surface area contributed by atoms with Crippen LogP contribution >= 0.6 is 0 Å². The van der Waals surface area contributed by atoms with Crippen molar-refractivity contribution in [3.05, 3.63) is 46.9 Å². The van der Waals surface area contributed by atoms with Crippen molar-refractivity contribution in [2.45, 2.75) is 13.5 Å². The van der Waals surface area contributed by atoms with Crippen molar-refractivity contribution >= 4 is 0 Å². The number of nitrogens with zero attached hydrogens (tertiary/aromatic N) is 1. The Morgan fingerprint density at radius 1 is 1.73 bits per heavy atom. The lowest BCUT2D eigenvalue weighted by atomic mass is 10.3. The number of rotatable bonds is 2. The first-order valence-electron chi connectivity index (χ1n) is 3.52. The highest BCUT2D eigenvalue weighted by Gasteiger charge is 1.91. The van der Waals surface area contributed by atoms with Crippen LogP contribution in [0.3, 0.4) is 0 Å². The van der Waals surface area contributed by atoms with E-state index < -0.39 is 0 Å². The fourth-order valence-corrected chi connectivity index (χ4v) is 0.897. The maximum absolute atomic E-state index is 11.1. The fourth-order valence-electron chi connectivity index (χ4n) is 0.897. The zero-order valence-electron chi connectivity index (χ0n) is 6.58. The number of aryl methyl sites for hydroxylation is 1. The van der Waals surface area contributed by atoms with Crippen LogP contribution in [0.25, 0.3) is 0 Å². The highest BCUT2D eigenvalue weighted by Crippen LogP contribution is 1.90. The Labute approximate surface area is 65.8 Å². The topological polar surface area (TPSA) is 22.0 Å². The Morgan fingerprint density at radius 2 is 2.45 bits per heavy atom. The average Bonchev–Trinajstić information content (AvgIpc) is 1.95. The molecule has 1 heterocycles. The molecule has 0 bridgehead atoms. The van der Waals surface area contributed by atoms with E-state index in [9.17, 15) is 4.79 Å². The lowest BCUT2D eigenvalue weighted by Gasteiger charge is -2.00. The van der Waals surface area contributed by atoms with Gasteiger partial charge >= 0.3 is 0 Å². The molecule has 0 unspecified atom stereocenters. The van der Waals surface area contributed by atoms with Gasteiger partial charge in [-0.3, -0.25) is 4.79 Å². The molecule has 0 aromatic carbocycles. The minimum atomic E-state index is 0.0323. The number of hydrogen-bond donors (Lipinski definition) is 0. The highest BCUT2D eigenvalue weighted by atomic mass is 16.1. The molecular formula is C9H11NO. The van der Waals surface area contributed by atoms with E-state index in [1.165, 1.54) is 0 Å². The summed E-state index contributed by atoms with van der Waals surface area (Å²) in [4.78, 5) is 11.1. The molecule has 0 spiro atoms. The number of allylic oxidation sites excluding steroid dienone is 1. The minimum Gasteiger partial charge on any atom is -0.312 e. The van der Waals surface area contributed by atoms with Crippen LogP contribution in [0.4, 0.5) is 0 Å². The molecule has 0 saturated carbocycles. The van der Waals surface area contributed by atoms with E-state index in [4.69, 9.17) is 0 Å². The van der Waals surface area contributed by atoms with Crippen LogP contribution in [-0.4, -0.2) is 4.57 Å². The zero-order chi connectivity index (χ0) is 8.27. The molecule has 0 amide bonds. The van der Waals surface area contributed by atoms with E-state index in [0.717, 1.165) is 5.56 Å². The van der Waals surface area contributed by atoms with Gasteiger partial charge in [0.1, 0.15) is 0 Å². The zero-order valence-corrected chi connectivity index (χ0v) is 6.58. The second-order valence-electron chi connectivity index (χ2n) is 2.48. The van der Waals surface area contributed by atoms with Gasteiger partial charge < -0.3 is 4.57 Å². The maximum Gasteiger partial charge on any atom is 0.251 e. The molecule has 2 nitrogen and oxygen atoms in total. The Kier molecular flexibility index (Phi) is 2.26. The van der Waals surface area contributed by atoms with E-state index in [1.807, 2.05) is 13.0 Å². The second-order valence-corrected chi connectivity index (χ2v) is 2.48. The van der Waals surface area contributed by atoms with Crippen molar-refractivity contribution in [1.82, 2.24) is 4.57 Å². The van der Waals surface area contributed by atoms with Crippen LogP contribution in [0.2, 0.25) is 0 Å². The summed E-state index contributed by atoms with van der Waals surface area (Å²) in [6.45, 7) is 6.04. The van der Waals surface area contributed by atoms with Crippen LogP contribution in [0.5, 0.6) is 0 Å². The van der Waals surface area contributed by atoms with Crippen molar-refractivity contribution < 1.29 is 0 Å². The maximum atomic E-state index is 11.1. The molecule has 2 heteroatoms. The van der Waals surface area contributed by atoms with Gasteiger partial charge in [-0.1, -0.05) is 6.08 Å². The van der Waals surface area contributed by atoms with Crippen molar-refractivity contribution in [2.24, 2.45) is 0 Å². The highest BCUT2D eigenvalue weighted by molar-refractivity contribution is 5.08. The molecular weight excluding hydrogens is 138 g/mol. The molecule has 1 aromatic heterocycles. The first-order valence-corrected chi connectivity index (χ1v) is 3.52. The molecule has 0 aliphatic heterocycles. The van der Waals surface area contributed by atoms with Crippen LogP contribution < -0.4 is 5.56 Å². The molecule has 0 N–H and O–H groups in total. The smallest absolute Gasteiger partial charge is 0.251 e. The van der Waals surface area contributed by atoms with Crippen LogP contribution in [0.15, 0.2) is 35.8 Å². The largest absolute Gasteiger partial charge is 0.312 e. The molecule has 0 saturated heterocycles. The number of hydrogen-bond acceptors (Lipinski definition) is 1. The van der Waals surface area contributed by atoms with Gasteiger partial charge in [0.2, 0.25) is 0 Å². The van der Waals surface area contributed by atoms with Gasteiger partial charge in [0, 0.05) is 18.8 Å². The van der Waals surface area contributed by atoms with Crippen molar-refractivity contribution in [1.29, 1.82) is 0 Å². The summed E-state index contributed by atoms with van der Waals surface area (Å²) in [6.07, 6.45) is 3.48. The van der Waals surface area contributed by atoms with Crippen LogP contribution in [-0.2, 0) is 6.54 Å². The third kappa shape index (κ3) is 1.80. The van der Waals surface area contributed by atoms with Crippen molar-refractivity contribution in [2.75, 3.05) is 0 Å². The van der Waals surface area contributed by atoms with Gasteiger partial charge in [0.25, 0.3) is 5.56 Å². The van der Waals surface area contributed by atoms with Gasteiger partial charge in [0.05, 0.1) is 0 Å². The predicted octanol–water partition coefficient (Wildman–Crippen LogP) is 1.34. The van der Waals surface area contributed by atoms with Crippen LogP contribution in [0.1, 0.15) is 5.56 Å². The number of aromatic nitrogens is 1. The molecule has 1 aromatic rings. The third-order valence-corrected chi connectivity index (χ3v) is 1.48. The summed E-state index contributed by atoms with van der Waals surface area (Å²) in [5, 5.41) is 0. The van der Waals surface area contributed by atoms with Crippen molar-refractivity contribution in [3.63, 3.8) is 0 Å². The molecule has 0 aliphatic rings. The number of pyridine rings is 1. The lowest BCUT2D eigenvalue weighted by molar-refractivity contribution is 0.777. The Hall–Kier alpha value is -1.31. The van der Waals surface area contributed by atoms with Gasteiger partial charge in [-0.15, -0.1) is 6.58 Å². The summed E-state index contributed by atoms with van der Waals surface area (Å²) in [5.41, 5.74) is 1.03. The van der Waals surface area contributed by atoms with E-state index in [-0.39, 0.29) is 5.56 Å². The lowest BCUT2D eigenvalue weighted by Crippen LogP contribution is -2.17. The average molecular weight is 149 g/mol. The molecule has 1 rings (SSSR count). The third-order valence-electron chi connectivity index (χ3n) is 1.48. The summed E-state index contributed by atoms with van der Waals surface area (Å²) in [5.74, 6) is 0. The van der Waals surface area contributed by atoms with E-state index in [2.05, 4.69) is 6.58 Å². The van der Waals surface area contributed by atoms with Gasteiger partial charge in [-0.2, -0.15) is 0 Å². The Bertz CT molecular complexity index is 312. The Balaban J connectivity index is 3.09. The minimum absolute atomic E-state index is 0.0323. The monoisotopic (exact) mass is 149 g/mol. The fraction of sp³-hybridized carbons (Fsp3) is 0.222. The quantitative estimate of drug-likeness (QED) is 0.582. The first kappa shape index (κ1) is 7.79. The van der Waals surface area contributed by atoms with E-state index in [1.54, 1.807) is 22.9 Å². The molecule has 0 fully saturated rings. The summed E-state index contributed by atoms with van der Waals surface area (Å²) in [6, 6.07) is 3.52. The summed E-state index contributed by atoms with van der Waals surface area (Å²) >= 11 is 0. The summed E-state index contributed by atoms with van der Waals surface area (Å²) < 4.78 is 1.61. The Morgan fingerprint density at radius 3 is 3.00 bits per heavy atom. The van der Waals surface area contributed by atoms with Crippen LogP contribution in [0, 0.1) is 6.92 Å². The molecule has 0 radical (unpaired) electrons. The summed E-state index contributed by atoms with van der Waals surface area (Å²) in [7, 11) is 0.